The first-order valence-electron chi connectivity index (χ1n) is 11.4. The molecule has 0 radical (unpaired) electrons. The van der Waals surface area contributed by atoms with Crippen LogP contribution in [0, 0.1) is 11.3 Å². The third-order valence-corrected chi connectivity index (χ3v) is 7.02. The van der Waals surface area contributed by atoms with Crippen LogP contribution in [0.3, 0.4) is 0 Å². The van der Waals surface area contributed by atoms with Crippen LogP contribution >= 0.6 is 0 Å². The van der Waals surface area contributed by atoms with Crippen LogP contribution in [0.2, 0.25) is 0 Å². The highest BCUT2D eigenvalue weighted by Gasteiger charge is 2.31. The number of carbonyl (C=O) groups excluding carboxylic acids is 1. The molecule has 2 aliphatic rings. The smallest absolute Gasteiger partial charge is 0.326 e. The molecule has 0 aliphatic carbocycles. The summed E-state index contributed by atoms with van der Waals surface area (Å²) in [7, 11) is 0. The second-order valence-electron chi connectivity index (χ2n) is 8.80. The predicted octanol–water partition coefficient (Wildman–Crippen LogP) is 3.14. The lowest BCUT2D eigenvalue weighted by molar-refractivity contribution is 0.0558. The number of carbonyl (C=O) groups is 1. The average molecular weight is 430 g/mol. The van der Waals surface area contributed by atoms with Crippen molar-refractivity contribution in [1.29, 1.82) is 5.26 Å². The van der Waals surface area contributed by atoms with Crippen LogP contribution in [0.5, 0.6) is 0 Å². The van der Waals surface area contributed by atoms with Gasteiger partial charge in [0, 0.05) is 43.8 Å². The molecule has 2 aromatic carbocycles. The number of hydrogen-bond donors (Lipinski definition) is 1. The van der Waals surface area contributed by atoms with Gasteiger partial charge >= 0.3 is 5.69 Å². The maximum absolute atomic E-state index is 12.8. The van der Waals surface area contributed by atoms with Gasteiger partial charge in [0.05, 0.1) is 22.7 Å². The fourth-order valence-corrected chi connectivity index (χ4v) is 5.25. The topological polar surface area (TPSA) is 85.1 Å². The van der Waals surface area contributed by atoms with E-state index in [0.29, 0.717) is 17.2 Å². The monoisotopic (exact) mass is 429 g/mol. The minimum atomic E-state index is -0.0146. The third-order valence-electron chi connectivity index (χ3n) is 7.02. The lowest BCUT2D eigenvalue weighted by Crippen LogP contribution is -2.49. The Morgan fingerprint density at radius 2 is 1.56 bits per heavy atom. The van der Waals surface area contributed by atoms with Crippen molar-refractivity contribution in [2.45, 2.75) is 37.8 Å². The van der Waals surface area contributed by atoms with E-state index in [4.69, 9.17) is 5.26 Å². The third kappa shape index (κ3) is 3.82. The molecule has 5 rings (SSSR count). The summed E-state index contributed by atoms with van der Waals surface area (Å²) in [5, 5.41) is 8.93. The summed E-state index contributed by atoms with van der Waals surface area (Å²) in [5.41, 5.74) is 3.09. The van der Waals surface area contributed by atoms with Crippen molar-refractivity contribution >= 4 is 16.9 Å². The van der Waals surface area contributed by atoms with Crippen LogP contribution in [0.25, 0.3) is 11.0 Å². The molecule has 1 amide bonds. The Bertz CT molecular complexity index is 1200. The largest absolute Gasteiger partial charge is 0.339 e. The summed E-state index contributed by atoms with van der Waals surface area (Å²) >= 11 is 0. The Morgan fingerprint density at radius 3 is 2.25 bits per heavy atom. The van der Waals surface area contributed by atoms with Crippen molar-refractivity contribution in [3.63, 3.8) is 0 Å². The van der Waals surface area contributed by atoms with Gasteiger partial charge in [-0.2, -0.15) is 5.26 Å². The lowest BCUT2D eigenvalue weighted by Gasteiger charge is -2.42. The molecule has 7 heteroatoms. The van der Waals surface area contributed by atoms with Gasteiger partial charge < -0.3 is 14.8 Å². The molecule has 3 aromatic rings. The van der Waals surface area contributed by atoms with Crippen LogP contribution in [-0.2, 0) is 0 Å². The molecule has 2 aliphatic heterocycles. The van der Waals surface area contributed by atoms with Gasteiger partial charge in [-0.25, -0.2) is 4.79 Å². The van der Waals surface area contributed by atoms with Crippen molar-refractivity contribution in [3.8, 4) is 6.07 Å². The number of rotatable bonds is 3. The van der Waals surface area contributed by atoms with Gasteiger partial charge in [-0.1, -0.05) is 12.1 Å². The highest BCUT2D eigenvalue weighted by atomic mass is 16.2. The highest BCUT2D eigenvalue weighted by molar-refractivity contribution is 5.94. The summed E-state index contributed by atoms with van der Waals surface area (Å²) in [5.74, 6) is 0.0466. The summed E-state index contributed by atoms with van der Waals surface area (Å²) in [4.78, 5) is 32.7. The van der Waals surface area contributed by atoms with E-state index in [-0.39, 0.29) is 17.6 Å². The van der Waals surface area contributed by atoms with Crippen molar-refractivity contribution in [3.05, 3.63) is 70.1 Å². The standard InChI is InChI=1S/C25H27N5O2/c26-17-18-5-7-19(8-6-18)24(31)29-15-9-20(10-16-29)28-13-11-21(12-14-28)30-23-4-2-1-3-22(23)27-25(30)32/h1-8,20-21H,9-16H2,(H,27,32). The van der Waals surface area contributed by atoms with Crippen LogP contribution in [0.4, 0.5) is 0 Å². The lowest BCUT2D eigenvalue weighted by atomic mass is 9.97. The number of aromatic nitrogens is 2. The maximum Gasteiger partial charge on any atom is 0.326 e. The Labute approximate surface area is 186 Å². The van der Waals surface area contributed by atoms with E-state index >= 15 is 0 Å². The number of imidazole rings is 1. The van der Waals surface area contributed by atoms with Crippen LogP contribution in [-0.4, -0.2) is 57.5 Å². The predicted molar refractivity (Wildman–Crippen MR) is 122 cm³/mol. The van der Waals surface area contributed by atoms with Gasteiger partial charge in [-0.3, -0.25) is 9.36 Å². The van der Waals surface area contributed by atoms with Crippen molar-refractivity contribution in [2.24, 2.45) is 0 Å². The molecule has 0 unspecified atom stereocenters. The summed E-state index contributed by atoms with van der Waals surface area (Å²) in [6.45, 7) is 3.46. The first-order chi connectivity index (χ1) is 15.6. The van der Waals surface area contributed by atoms with Gasteiger partial charge in [-0.05, 0) is 62.1 Å². The Hall–Kier alpha value is -3.37. The number of H-pyrrole nitrogens is 1. The SMILES string of the molecule is N#Cc1ccc(C(=O)N2CCC(N3CCC(n4c(=O)[nH]c5ccccc54)CC3)CC2)cc1. The first-order valence-corrected chi connectivity index (χ1v) is 11.4. The Balaban J connectivity index is 1.17. The van der Waals surface area contributed by atoms with Gasteiger partial charge in [0.2, 0.25) is 0 Å². The molecule has 164 valence electrons. The molecule has 0 bridgehead atoms. The van der Waals surface area contributed by atoms with Gasteiger partial charge in [0.25, 0.3) is 5.91 Å². The molecule has 0 atom stereocenters. The number of piperidine rings is 2. The van der Waals surface area contributed by atoms with Crippen molar-refractivity contribution < 1.29 is 4.79 Å². The van der Waals surface area contributed by atoms with Crippen LogP contribution < -0.4 is 5.69 Å². The average Bonchev–Trinajstić information content (AvgIpc) is 3.19. The summed E-state index contributed by atoms with van der Waals surface area (Å²) < 4.78 is 1.94. The number of nitrogens with zero attached hydrogens (tertiary/aromatic N) is 4. The number of amides is 1. The zero-order chi connectivity index (χ0) is 22.1. The highest BCUT2D eigenvalue weighted by Crippen LogP contribution is 2.28. The summed E-state index contributed by atoms with van der Waals surface area (Å²) in [6.07, 6.45) is 3.87. The molecule has 1 aromatic heterocycles. The fraction of sp³-hybridized carbons (Fsp3) is 0.400. The van der Waals surface area contributed by atoms with E-state index in [1.807, 2.05) is 33.7 Å². The molecular weight excluding hydrogens is 402 g/mol. The summed E-state index contributed by atoms with van der Waals surface area (Å²) in [6, 6.07) is 17.6. The molecule has 7 nitrogen and oxygen atoms in total. The molecule has 0 saturated carbocycles. The minimum absolute atomic E-state index is 0.0146. The minimum Gasteiger partial charge on any atom is -0.339 e. The Kier molecular flexibility index (Phi) is 5.54. The van der Waals surface area contributed by atoms with Gasteiger partial charge in [0.1, 0.15) is 0 Å². The van der Waals surface area contributed by atoms with E-state index in [1.54, 1.807) is 24.3 Å². The van der Waals surface area contributed by atoms with E-state index in [2.05, 4.69) is 16.0 Å². The number of nitrogens with one attached hydrogen (secondary N) is 1. The second-order valence-corrected chi connectivity index (χ2v) is 8.80. The normalized spacial score (nSPS) is 18.7. The molecule has 1 N–H and O–H groups in total. The number of likely N-dealkylation sites (tertiary alicyclic amines) is 2. The zero-order valence-electron chi connectivity index (χ0n) is 18.0. The van der Waals surface area contributed by atoms with E-state index < -0.39 is 0 Å². The second kappa shape index (κ2) is 8.64. The fourth-order valence-electron chi connectivity index (χ4n) is 5.25. The van der Waals surface area contributed by atoms with Crippen molar-refractivity contribution in [2.75, 3.05) is 26.2 Å². The number of para-hydroxylation sites is 2. The molecule has 2 saturated heterocycles. The maximum atomic E-state index is 12.8. The molecule has 2 fully saturated rings. The number of benzene rings is 2. The van der Waals surface area contributed by atoms with Crippen molar-refractivity contribution in [1.82, 2.24) is 19.4 Å². The first kappa shape index (κ1) is 20.5. The van der Waals surface area contributed by atoms with Gasteiger partial charge in [0.15, 0.2) is 0 Å². The molecule has 0 spiro atoms. The Morgan fingerprint density at radius 1 is 0.906 bits per heavy atom. The van der Waals surface area contributed by atoms with E-state index in [1.165, 1.54) is 0 Å². The zero-order valence-corrected chi connectivity index (χ0v) is 18.0. The number of aromatic amines is 1. The number of fused-ring (bicyclic) bond motifs is 1. The van der Waals surface area contributed by atoms with E-state index in [9.17, 15) is 9.59 Å². The quantitative estimate of drug-likeness (QED) is 0.693. The van der Waals surface area contributed by atoms with Crippen LogP contribution in [0.15, 0.2) is 53.3 Å². The molecule has 32 heavy (non-hydrogen) atoms. The number of nitriles is 1. The molecular formula is C25H27N5O2. The van der Waals surface area contributed by atoms with Crippen LogP contribution in [0.1, 0.15) is 47.6 Å². The number of hydrogen-bond acceptors (Lipinski definition) is 4. The van der Waals surface area contributed by atoms with E-state index in [0.717, 1.165) is 62.9 Å². The van der Waals surface area contributed by atoms with Gasteiger partial charge in [-0.15, -0.1) is 0 Å². The molecule has 3 heterocycles.